The number of benzene rings is 3. The lowest BCUT2D eigenvalue weighted by molar-refractivity contribution is -0.159. The van der Waals surface area contributed by atoms with E-state index in [0.717, 1.165) is 10.5 Å². The first kappa shape index (κ1) is 23.8. The van der Waals surface area contributed by atoms with Gasteiger partial charge < -0.3 is 4.74 Å². The molecule has 3 aromatic carbocycles. The molecular formula is C28H23F3N2O3. The topological polar surface area (TPSA) is 59.0 Å². The second-order valence-corrected chi connectivity index (χ2v) is 8.94. The van der Waals surface area contributed by atoms with E-state index in [4.69, 9.17) is 4.74 Å². The van der Waals surface area contributed by atoms with Gasteiger partial charge in [-0.3, -0.25) is 9.69 Å². The van der Waals surface area contributed by atoms with Gasteiger partial charge >= 0.3 is 12.1 Å². The largest absolute Gasteiger partial charge is 0.467 e. The van der Waals surface area contributed by atoms with Crippen molar-refractivity contribution in [3.8, 4) is 0 Å². The van der Waals surface area contributed by atoms with Crippen molar-refractivity contribution in [3.63, 3.8) is 0 Å². The summed E-state index contributed by atoms with van der Waals surface area (Å²) in [5.74, 6) is -4.72. The molecule has 1 heterocycles. The average molecular weight is 492 g/mol. The van der Waals surface area contributed by atoms with Gasteiger partial charge in [-0.2, -0.15) is 13.2 Å². The summed E-state index contributed by atoms with van der Waals surface area (Å²) in [6.07, 6.45) is -4.61. The first-order valence-electron chi connectivity index (χ1n) is 11.5. The summed E-state index contributed by atoms with van der Waals surface area (Å²) in [5.41, 5.74) is -0.515. The van der Waals surface area contributed by atoms with Gasteiger partial charge in [0, 0.05) is 17.9 Å². The van der Waals surface area contributed by atoms with Crippen LogP contribution in [-0.4, -0.2) is 47.5 Å². The standard InChI is InChI=1S/C28H23F3N2O3/c1-36-25(34)21(17-18-11-5-2-6-12-18)33-24(20-15-9-4-10-16-20)32-27(26(33)35)22(23(27)28(29,30)31)19-13-7-3-8-14-19/h2-16,21-23H,17H2,1H3/t21-,22+,23+,27+/m0/s1. The van der Waals surface area contributed by atoms with Crippen LogP contribution in [0.3, 0.4) is 0 Å². The highest BCUT2D eigenvalue weighted by molar-refractivity contribution is 6.19. The summed E-state index contributed by atoms with van der Waals surface area (Å²) in [7, 11) is 1.19. The smallest absolute Gasteiger partial charge is 0.395 e. The van der Waals surface area contributed by atoms with Crippen molar-refractivity contribution < 1.29 is 27.5 Å². The van der Waals surface area contributed by atoms with E-state index in [9.17, 15) is 22.8 Å². The average Bonchev–Trinajstić information content (AvgIpc) is 3.50. The van der Waals surface area contributed by atoms with E-state index in [1.807, 2.05) is 6.07 Å². The van der Waals surface area contributed by atoms with E-state index < -0.39 is 41.5 Å². The van der Waals surface area contributed by atoms with Crippen molar-refractivity contribution in [2.75, 3.05) is 7.11 Å². The van der Waals surface area contributed by atoms with Crippen molar-refractivity contribution >= 4 is 17.7 Å². The minimum Gasteiger partial charge on any atom is -0.467 e. The molecular weight excluding hydrogens is 469 g/mol. The molecule has 2 aliphatic rings. The molecule has 1 fully saturated rings. The second kappa shape index (κ2) is 8.93. The van der Waals surface area contributed by atoms with Gasteiger partial charge in [0.25, 0.3) is 5.91 Å². The summed E-state index contributed by atoms with van der Waals surface area (Å²) in [6.45, 7) is 0. The highest BCUT2D eigenvalue weighted by Crippen LogP contribution is 2.68. The molecule has 4 atom stereocenters. The molecule has 0 bridgehead atoms. The maximum Gasteiger partial charge on any atom is 0.395 e. The van der Waals surface area contributed by atoms with E-state index >= 15 is 0 Å². The summed E-state index contributed by atoms with van der Waals surface area (Å²) in [5, 5.41) is 0. The van der Waals surface area contributed by atoms with Crippen LogP contribution in [0.1, 0.15) is 22.6 Å². The van der Waals surface area contributed by atoms with Crippen LogP contribution in [0.5, 0.6) is 0 Å². The number of amidine groups is 1. The summed E-state index contributed by atoms with van der Waals surface area (Å²) < 4.78 is 48.0. The third kappa shape index (κ3) is 3.86. The van der Waals surface area contributed by atoms with E-state index in [0.29, 0.717) is 11.1 Å². The van der Waals surface area contributed by atoms with Crippen LogP contribution in [0.2, 0.25) is 0 Å². The summed E-state index contributed by atoms with van der Waals surface area (Å²) in [4.78, 5) is 32.7. The molecule has 5 rings (SSSR count). The van der Waals surface area contributed by atoms with Crippen molar-refractivity contribution in [1.82, 2.24) is 4.90 Å². The van der Waals surface area contributed by atoms with E-state index in [1.54, 1.807) is 84.9 Å². The van der Waals surface area contributed by atoms with Gasteiger partial charge in [0.05, 0.1) is 13.0 Å². The molecule has 1 aliphatic heterocycles. The Labute approximate surface area is 206 Å². The molecule has 36 heavy (non-hydrogen) atoms. The van der Waals surface area contributed by atoms with Crippen molar-refractivity contribution in [3.05, 3.63) is 108 Å². The van der Waals surface area contributed by atoms with Gasteiger partial charge in [-0.1, -0.05) is 91.0 Å². The van der Waals surface area contributed by atoms with Gasteiger partial charge in [-0.25, -0.2) is 9.79 Å². The lowest BCUT2D eigenvalue weighted by Gasteiger charge is -2.28. The quantitative estimate of drug-likeness (QED) is 0.466. The van der Waals surface area contributed by atoms with Crippen molar-refractivity contribution in [2.45, 2.75) is 30.1 Å². The summed E-state index contributed by atoms with van der Waals surface area (Å²) >= 11 is 0. The zero-order valence-electron chi connectivity index (χ0n) is 19.4. The lowest BCUT2D eigenvalue weighted by atomic mass is 10.0. The Bertz CT molecular complexity index is 1300. The molecule has 184 valence electrons. The van der Waals surface area contributed by atoms with Gasteiger partial charge in [-0.15, -0.1) is 0 Å². The number of methoxy groups -OCH3 is 1. The Kier molecular flexibility index (Phi) is 5.90. The van der Waals surface area contributed by atoms with Crippen molar-refractivity contribution in [1.29, 1.82) is 0 Å². The highest BCUT2D eigenvalue weighted by Gasteiger charge is 2.82. The van der Waals surface area contributed by atoms with Gasteiger partial charge in [-0.05, 0) is 11.1 Å². The maximum absolute atomic E-state index is 14.3. The number of hydrogen-bond acceptors (Lipinski definition) is 4. The predicted molar refractivity (Wildman–Crippen MR) is 127 cm³/mol. The fourth-order valence-electron chi connectivity index (χ4n) is 5.22. The second-order valence-electron chi connectivity index (χ2n) is 8.94. The zero-order chi connectivity index (χ0) is 25.5. The molecule has 1 aliphatic carbocycles. The highest BCUT2D eigenvalue weighted by atomic mass is 19.4. The minimum atomic E-state index is -4.67. The van der Waals surface area contributed by atoms with Gasteiger partial charge in [0.1, 0.15) is 11.9 Å². The normalized spacial score (nSPS) is 23.9. The minimum absolute atomic E-state index is 0.0413. The fourth-order valence-corrected chi connectivity index (χ4v) is 5.22. The third-order valence-corrected chi connectivity index (χ3v) is 6.85. The number of amides is 1. The predicted octanol–water partition coefficient (Wildman–Crippen LogP) is 4.77. The van der Waals surface area contributed by atoms with E-state index in [2.05, 4.69) is 4.99 Å². The number of hydrogen-bond donors (Lipinski definition) is 0. The number of esters is 1. The lowest BCUT2D eigenvalue weighted by Crippen LogP contribution is -2.50. The first-order valence-corrected chi connectivity index (χ1v) is 11.5. The number of rotatable bonds is 6. The van der Waals surface area contributed by atoms with Crippen LogP contribution in [0.4, 0.5) is 13.2 Å². The van der Waals surface area contributed by atoms with Crippen LogP contribution in [0.25, 0.3) is 0 Å². The molecule has 0 radical (unpaired) electrons. The number of ether oxygens (including phenoxy) is 1. The number of halogens is 3. The molecule has 0 saturated heterocycles. The van der Waals surface area contributed by atoms with E-state index in [-0.39, 0.29) is 12.3 Å². The molecule has 8 heteroatoms. The molecule has 0 N–H and O–H groups in total. The van der Waals surface area contributed by atoms with Crippen LogP contribution in [-0.2, 0) is 20.7 Å². The summed E-state index contributed by atoms with van der Waals surface area (Å²) in [6, 6.07) is 24.4. The van der Waals surface area contributed by atoms with Crippen LogP contribution >= 0.6 is 0 Å². The molecule has 5 nitrogen and oxygen atoms in total. The number of carbonyl (C=O) groups excluding carboxylic acids is 2. The number of alkyl halides is 3. The van der Waals surface area contributed by atoms with Gasteiger partial charge in [0.2, 0.25) is 0 Å². The van der Waals surface area contributed by atoms with Crippen molar-refractivity contribution in [2.24, 2.45) is 10.9 Å². The van der Waals surface area contributed by atoms with Crippen LogP contribution < -0.4 is 0 Å². The van der Waals surface area contributed by atoms with Gasteiger partial charge in [0.15, 0.2) is 5.54 Å². The Morgan fingerprint density at radius 1 is 0.972 bits per heavy atom. The zero-order valence-corrected chi connectivity index (χ0v) is 19.4. The van der Waals surface area contributed by atoms with Crippen LogP contribution in [0, 0.1) is 5.92 Å². The molecule has 3 aromatic rings. The van der Waals surface area contributed by atoms with E-state index in [1.165, 1.54) is 7.11 Å². The molecule has 1 amide bonds. The monoisotopic (exact) mass is 492 g/mol. The number of carbonyl (C=O) groups is 2. The third-order valence-electron chi connectivity index (χ3n) is 6.85. The Morgan fingerprint density at radius 3 is 2.08 bits per heavy atom. The number of nitrogens with zero attached hydrogens (tertiary/aromatic N) is 2. The SMILES string of the molecule is COC(=O)[C@H](Cc1ccccc1)N1C(=O)[C@@]2(N=C1c1ccccc1)[C@H](c1ccccc1)[C@H]2C(F)(F)F. The molecule has 0 aromatic heterocycles. The molecule has 0 unspecified atom stereocenters. The maximum atomic E-state index is 14.3. The Balaban J connectivity index is 1.66. The number of aliphatic imine (C=N–C) groups is 1. The molecule has 1 saturated carbocycles. The fraction of sp³-hybridized carbons (Fsp3) is 0.250. The first-order chi connectivity index (χ1) is 17.3. The van der Waals surface area contributed by atoms with Crippen LogP contribution in [0.15, 0.2) is 96.0 Å². The molecule has 1 spiro atoms. The Morgan fingerprint density at radius 2 is 1.53 bits per heavy atom. The Hall–Kier alpha value is -3.94.